The fourth-order valence-corrected chi connectivity index (χ4v) is 0.902. The molecule has 14 N–H and O–H groups in total. The molecule has 0 aromatic carbocycles. The Kier molecular flexibility index (Phi) is 7.95. The third-order valence-electron chi connectivity index (χ3n) is 1.81. The molecule has 0 aliphatic rings. The van der Waals surface area contributed by atoms with Gasteiger partial charge in [0.1, 0.15) is 0 Å². The molecular weight excluding hydrogens is 332 g/mol. The van der Waals surface area contributed by atoms with Crippen molar-refractivity contribution < 1.29 is 29.5 Å². The molecule has 0 aromatic rings. The molecule has 0 saturated heterocycles. The quantitative estimate of drug-likeness (QED) is 0.129. The van der Waals surface area contributed by atoms with Crippen LogP contribution in [0.4, 0.5) is 0 Å². The summed E-state index contributed by atoms with van der Waals surface area (Å²) in [5, 5.41) is 50.3. The Labute approximate surface area is 133 Å². The first-order chi connectivity index (χ1) is 11.0. The minimum Gasteiger partial charge on any atom is -0.379 e. The van der Waals surface area contributed by atoms with Crippen LogP contribution >= 0.6 is 0 Å². The van der Waals surface area contributed by atoms with E-state index in [0.717, 1.165) is 0 Å². The van der Waals surface area contributed by atoms with Gasteiger partial charge in [-0.3, -0.25) is 32.3 Å². The average molecular weight is 348 g/mol. The largest absolute Gasteiger partial charge is 0.379 e. The summed E-state index contributed by atoms with van der Waals surface area (Å²) < 4.78 is 0. The Balaban J connectivity index is 4.34. The van der Waals surface area contributed by atoms with Crippen molar-refractivity contribution in [2.24, 2.45) is 11.5 Å². The Hall–Kier alpha value is -3.66. The van der Waals surface area contributed by atoms with Gasteiger partial charge < -0.3 is 31.4 Å². The molecule has 0 heterocycles. The second-order valence-electron chi connectivity index (χ2n) is 3.76. The molecule has 0 rings (SSSR count). The Morgan fingerprint density at radius 1 is 0.792 bits per heavy atom. The predicted molar refractivity (Wildman–Crippen MR) is 76.0 cm³/mol. The molecule has 2 unspecified atom stereocenters. The lowest BCUT2D eigenvalue weighted by atomic mass is 10.2. The van der Waals surface area contributed by atoms with Gasteiger partial charge in [-0.1, -0.05) is 0 Å². The zero-order chi connectivity index (χ0) is 18.9. The summed E-state index contributed by atoms with van der Waals surface area (Å²) >= 11 is 0. The van der Waals surface area contributed by atoms with Gasteiger partial charge in [-0.25, -0.2) is 9.59 Å². The summed E-state index contributed by atoms with van der Waals surface area (Å²) in [7, 11) is 0. The van der Waals surface area contributed by atoms with Crippen molar-refractivity contribution in [2.45, 2.75) is 12.2 Å². The molecule has 0 saturated carbocycles. The molecule has 0 bridgehead atoms. The highest BCUT2D eigenvalue weighted by molar-refractivity contribution is 5.96. The summed E-state index contributed by atoms with van der Waals surface area (Å²) in [4.78, 5) is 31.0. The van der Waals surface area contributed by atoms with Crippen molar-refractivity contribution >= 4 is 35.8 Å². The van der Waals surface area contributed by atoms with Crippen LogP contribution in [0.3, 0.4) is 0 Å². The summed E-state index contributed by atoms with van der Waals surface area (Å²) in [5.41, 5.74) is 13.1. The molecule has 0 amide bonds. The molecule has 16 heteroatoms. The first-order valence-corrected chi connectivity index (χ1v) is 5.73. The highest BCUT2D eigenvalue weighted by atomic mass is 16.7. The van der Waals surface area contributed by atoms with Gasteiger partial charge in [0.25, 0.3) is 0 Å². The molecule has 0 radical (unpaired) electrons. The number of hydrogen-bond acceptors (Lipinski definition) is 10. The van der Waals surface area contributed by atoms with E-state index in [9.17, 15) is 19.8 Å². The Bertz CT molecular complexity index is 501. The number of nitrogens with one attached hydrogen (secondary N) is 8. The highest BCUT2D eigenvalue weighted by Crippen LogP contribution is 1.98. The van der Waals surface area contributed by atoms with Crippen molar-refractivity contribution in [1.29, 1.82) is 21.6 Å². The minimum absolute atomic E-state index is 0.639. The SMILES string of the molecule is N=C(N)NC(=N)NOC(=O)C(O)C(O)C(=O)ONC(=N)NC(=N)N. The van der Waals surface area contributed by atoms with E-state index in [1.54, 1.807) is 11.0 Å². The van der Waals surface area contributed by atoms with Gasteiger partial charge in [-0.2, -0.15) is 11.0 Å². The minimum atomic E-state index is -2.40. The molecule has 2 atom stereocenters. The molecule has 0 aliphatic heterocycles. The van der Waals surface area contributed by atoms with Crippen LogP contribution in [0.5, 0.6) is 0 Å². The predicted octanol–water partition coefficient (Wildman–Crippen LogP) is -5.36. The van der Waals surface area contributed by atoms with Crippen molar-refractivity contribution in [3.8, 4) is 0 Å². The number of carbonyl (C=O) groups is 2. The van der Waals surface area contributed by atoms with Gasteiger partial charge in [0.05, 0.1) is 0 Å². The topological polar surface area (TPSA) is 289 Å². The lowest BCUT2D eigenvalue weighted by Crippen LogP contribution is -2.49. The number of carbonyl (C=O) groups excluding carboxylic acids is 2. The zero-order valence-electron chi connectivity index (χ0n) is 11.8. The zero-order valence-corrected chi connectivity index (χ0v) is 11.8. The average Bonchev–Trinajstić information content (AvgIpc) is 2.47. The number of hydroxylamine groups is 2. The van der Waals surface area contributed by atoms with E-state index in [2.05, 4.69) is 9.68 Å². The molecule has 0 aliphatic carbocycles. The lowest BCUT2D eigenvalue weighted by Gasteiger charge is -2.16. The van der Waals surface area contributed by atoms with Crippen LogP contribution in [0.1, 0.15) is 0 Å². The maximum atomic E-state index is 11.3. The summed E-state index contributed by atoms with van der Waals surface area (Å²) in [6.45, 7) is 0. The van der Waals surface area contributed by atoms with Gasteiger partial charge in [0.15, 0.2) is 24.1 Å². The number of rotatable bonds is 3. The monoisotopic (exact) mass is 348 g/mol. The number of hydrogen-bond donors (Lipinski definition) is 12. The van der Waals surface area contributed by atoms with Gasteiger partial charge in [-0.15, -0.1) is 0 Å². The molecule has 0 spiro atoms. The summed E-state index contributed by atoms with van der Waals surface area (Å²) in [5.74, 6) is -5.87. The van der Waals surface area contributed by atoms with Crippen LogP contribution in [0, 0.1) is 21.6 Å². The van der Waals surface area contributed by atoms with Crippen LogP contribution in [-0.4, -0.2) is 58.2 Å². The summed E-state index contributed by atoms with van der Waals surface area (Å²) in [6, 6.07) is 0. The molecule has 134 valence electrons. The fraction of sp³-hybridized carbons (Fsp3) is 0.250. The smallest absolute Gasteiger partial charge is 0.363 e. The first kappa shape index (κ1) is 20.3. The maximum Gasteiger partial charge on any atom is 0.363 e. The second kappa shape index (κ2) is 9.38. The molecule has 24 heavy (non-hydrogen) atoms. The van der Waals surface area contributed by atoms with E-state index in [1.165, 1.54) is 0 Å². The number of nitrogens with two attached hydrogens (primary N) is 2. The van der Waals surface area contributed by atoms with Crippen molar-refractivity contribution in [2.75, 3.05) is 0 Å². The van der Waals surface area contributed by atoms with E-state index < -0.39 is 48.0 Å². The molecule has 0 aromatic heterocycles. The Morgan fingerprint density at radius 2 is 1.08 bits per heavy atom. The van der Waals surface area contributed by atoms with Crippen LogP contribution in [0.15, 0.2) is 0 Å². The van der Waals surface area contributed by atoms with E-state index >= 15 is 0 Å². The number of guanidine groups is 4. The molecule has 16 nitrogen and oxygen atoms in total. The van der Waals surface area contributed by atoms with Crippen molar-refractivity contribution in [3.05, 3.63) is 0 Å². The van der Waals surface area contributed by atoms with E-state index in [-0.39, 0.29) is 0 Å². The third-order valence-corrected chi connectivity index (χ3v) is 1.81. The first-order valence-electron chi connectivity index (χ1n) is 5.73. The van der Waals surface area contributed by atoms with Crippen LogP contribution in [0.25, 0.3) is 0 Å². The lowest BCUT2D eigenvalue weighted by molar-refractivity contribution is -0.177. The van der Waals surface area contributed by atoms with Gasteiger partial charge in [-0.05, 0) is 0 Å². The van der Waals surface area contributed by atoms with Gasteiger partial charge in [0.2, 0.25) is 11.9 Å². The van der Waals surface area contributed by atoms with Crippen molar-refractivity contribution in [1.82, 2.24) is 21.6 Å². The Morgan fingerprint density at radius 3 is 1.33 bits per heavy atom. The van der Waals surface area contributed by atoms with Gasteiger partial charge >= 0.3 is 11.9 Å². The van der Waals surface area contributed by atoms with Crippen LogP contribution in [-0.2, 0) is 19.3 Å². The van der Waals surface area contributed by atoms with E-state index in [4.69, 9.17) is 33.1 Å². The van der Waals surface area contributed by atoms with Crippen molar-refractivity contribution in [3.63, 3.8) is 0 Å². The fourth-order valence-electron chi connectivity index (χ4n) is 0.902. The molecular formula is C8H16N10O6. The summed E-state index contributed by atoms with van der Waals surface area (Å²) in [6.07, 6.45) is -4.79. The maximum absolute atomic E-state index is 11.3. The number of aliphatic hydroxyl groups is 2. The second-order valence-corrected chi connectivity index (χ2v) is 3.76. The molecule has 0 fully saturated rings. The normalized spacial score (nSPS) is 11.9. The van der Waals surface area contributed by atoms with Crippen LogP contribution in [0.2, 0.25) is 0 Å². The van der Waals surface area contributed by atoms with E-state index in [1.807, 2.05) is 10.6 Å². The van der Waals surface area contributed by atoms with E-state index in [0.29, 0.717) is 0 Å². The van der Waals surface area contributed by atoms with Gasteiger partial charge in [0, 0.05) is 0 Å². The third kappa shape index (κ3) is 7.95. The highest BCUT2D eigenvalue weighted by Gasteiger charge is 2.34. The number of aliphatic hydroxyl groups excluding tert-OH is 2. The van der Waals surface area contributed by atoms with Crippen LogP contribution < -0.4 is 33.1 Å². The standard InChI is InChI=1S/C8H16N10O6/c9-5(10)15-7(13)17-23-3(21)1(19)2(20)4(22)24-18-8(14)16-6(11)12/h1-2,19-20H,(H6,9,10,13,15,17)(H6,11,12,14,16,18).